The number of urea groups is 1. The number of carbonyl (C=O) groups excluding carboxylic acids is 2. The highest BCUT2D eigenvalue weighted by atomic mass is 16.2. The molecule has 2 aliphatic rings. The molecule has 3 heterocycles. The molecule has 1 aromatic rings. The van der Waals surface area contributed by atoms with Gasteiger partial charge in [0.25, 0.3) is 0 Å². The number of rotatable bonds is 6. The van der Waals surface area contributed by atoms with Crippen molar-refractivity contribution in [1.82, 2.24) is 24.7 Å². The van der Waals surface area contributed by atoms with Crippen molar-refractivity contribution in [2.75, 3.05) is 26.2 Å². The Labute approximate surface area is 168 Å². The van der Waals surface area contributed by atoms with Crippen LogP contribution in [0.5, 0.6) is 0 Å². The summed E-state index contributed by atoms with van der Waals surface area (Å²) in [5.41, 5.74) is 0.184. The monoisotopic (exact) mass is 389 g/mol. The smallest absolute Gasteiger partial charge is 0.317 e. The number of imidazole rings is 1. The maximum absolute atomic E-state index is 12.5. The van der Waals surface area contributed by atoms with Crippen LogP contribution in [-0.4, -0.2) is 63.5 Å². The molecule has 2 aliphatic heterocycles. The minimum absolute atomic E-state index is 0.0557. The number of aromatic nitrogens is 2. The summed E-state index contributed by atoms with van der Waals surface area (Å²) in [6.45, 7) is 10.4. The minimum atomic E-state index is 0.0557. The van der Waals surface area contributed by atoms with E-state index in [1.807, 2.05) is 17.4 Å². The maximum atomic E-state index is 12.5. The van der Waals surface area contributed by atoms with Gasteiger partial charge in [0.2, 0.25) is 5.91 Å². The molecule has 0 unspecified atom stereocenters. The Bertz CT molecular complexity index is 650. The molecule has 0 saturated carbocycles. The lowest BCUT2D eigenvalue weighted by molar-refractivity contribution is -0.139. The average molecular weight is 390 g/mol. The Morgan fingerprint density at radius 1 is 1.21 bits per heavy atom. The Morgan fingerprint density at radius 3 is 2.61 bits per heavy atom. The van der Waals surface area contributed by atoms with Crippen molar-refractivity contribution in [2.24, 2.45) is 11.3 Å². The van der Waals surface area contributed by atoms with Gasteiger partial charge in [-0.05, 0) is 43.9 Å². The largest absolute Gasteiger partial charge is 0.342 e. The first-order valence-corrected chi connectivity index (χ1v) is 10.7. The molecule has 28 heavy (non-hydrogen) atoms. The first kappa shape index (κ1) is 20.7. The van der Waals surface area contributed by atoms with Crippen LogP contribution in [0.25, 0.3) is 0 Å². The molecule has 7 nitrogen and oxygen atoms in total. The summed E-state index contributed by atoms with van der Waals surface area (Å²) < 4.78 is 2.06. The first-order valence-electron chi connectivity index (χ1n) is 10.7. The van der Waals surface area contributed by atoms with Crippen LogP contribution in [0.4, 0.5) is 4.79 Å². The minimum Gasteiger partial charge on any atom is -0.342 e. The molecule has 2 saturated heterocycles. The van der Waals surface area contributed by atoms with Gasteiger partial charge in [0.1, 0.15) is 0 Å². The second-order valence-electron chi connectivity index (χ2n) is 8.94. The van der Waals surface area contributed by atoms with E-state index in [9.17, 15) is 9.59 Å². The Balaban J connectivity index is 1.48. The normalized spacial score (nSPS) is 20.6. The SMILES string of the molecule is CC(C)[C@@H](C)NC(=O)N1CCC2(CCC(=O)N(CCCn3ccnc3)C2)CC1. The van der Waals surface area contributed by atoms with Gasteiger partial charge in [0.15, 0.2) is 0 Å². The third-order valence-electron chi connectivity index (χ3n) is 6.61. The molecule has 0 bridgehead atoms. The van der Waals surface area contributed by atoms with E-state index in [-0.39, 0.29) is 23.4 Å². The zero-order chi connectivity index (χ0) is 20.1. The topological polar surface area (TPSA) is 70.5 Å². The van der Waals surface area contributed by atoms with Crippen LogP contribution in [-0.2, 0) is 11.3 Å². The standard InChI is InChI=1S/C21H35N5O2/c1-17(2)18(3)23-20(28)25-12-7-21(8-13-25)6-5-19(27)26(15-21)11-4-10-24-14-9-22-16-24/h9,14,16-18H,4-8,10-13,15H2,1-3H3,(H,23,28)/t18-/m1/s1. The van der Waals surface area contributed by atoms with E-state index < -0.39 is 0 Å². The van der Waals surface area contributed by atoms with E-state index in [2.05, 4.69) is 40.5 Å². The van der Waals surface area contributed by atoms with Crippen LogP contribution in [0.1, 0.15) is 52.9 Å². The van der Waals surface area contributed by atoms with Crippen molar-refractivity contribution in [2.45, 2.75) is 65.5 Å². The molecule has 7 heteroatoms. The second kappa shape index (κ2) is 8.97. The summed E-state index contributed by atoms with van der Waals surface area (Å²) in [6, 6.07) is 0.238. The van der Waals surface area contributed by atoms with E-state index in [0.29, 0.717) is 12.3 Å². The van der Waals surface area contributed by atoms with Gasteiger partial charge in [0.05, 0.1) is 6.33 Å². The van der Waals surface area contributed by atoms with Crippen LogP contribution in [0.2, 0.25) is 0 Å². The Kier molecular flexibility index (Phi) is 6.62. The van der Waals surface area contributed by atoms with E-state index in [0.717, 1.165) is 58.4 Å². The maximum Gasteiger partial charge on any atom is 0.317 e. The molecular formula is C21H35N5O2. The summed E-state index contributed by atoms with van der Waals surface area (Å²) in [4.78, 5) is 33.0. The summed E-state index contributed by atoms with van der Waals surface area (Å²) in [5, 5.41) is 3.11. The molecule has 1 spiro atoms. The second-order valence-corrected chi connectivity index (χ2v) is 8.94. The van der Waals surface area contributed by atoms with E-state index in [1.54, 1.807) is 6.20 Å². The number of carbonyl (C=O) groups is 2. The van der Waals surface area contributed by atoms with Crippen molar-refractivity contribution in [3.63, 3.8) is 0 Å². The predicted octanol–water partition coefficient (Wildman–Crippen LogP) is 2.73. The van der Waals surface area contributed by atoms with Crippen molar-refractivity contribution >= 4 is 11.9 Å². The highest BCUT2D eigenvalue weighted by Crippen LogP contribution is 2.40. The molecular weight excluding hydrogens is 354 g/mol. The van der Waals surface area contributed by atoms with Gasteiger partial charge in [-0.25, -0.2) is 9.78 Å². The number of amides is 3. The number of nitrogens with one attached hydrogen (secondary N) is 1. The fourth-order valence-electron chi connectivity index (χ4n) is 4.21. The van der Waals surface area contributed by atoms with Crippen molar-refractivity contribution in [1.29, 1.82) is 0 Å². The molecule has 0 aliphatic carbocycles. The lowest BCUT2D eigenvalue weighted by atomic mass is 9.72. The molecule has 1 N–H and O–H groups in total. The summed E-state index contributed by atoms with van der Waals surface area (Å²) in [5.74, 6) is 0.711. The van der Waals surface area contributed by atoms with Crippen LogP contribution >= 0.6 is 0 Å². The number of likely N-dealkylation sites (tertiary alicyclic amines) is 2. The number of hydrogen-bond acceptors (Lipinski definition) is 3. The van der Waals surface area contributed by atoms with Crippen molar-refractivity contribution in [3.05, 3.63) is 18.7 Å². The van der Waals surface area contributed by atoms with Crippen molar-refractivity contribution < 1.29 is 9.59 Å². The molecule has 156 valence electrons. The predicted molar refractivity (Wildman–Crippen MR) is 109 cm³/mol. The molecule has 3 rings (SSSR count). The first-order chi connectivity index (χ1) is 13.4. The van der Waals surface area contributed by atoms with Gasteiger partial charge in [-0.3, -0.25) is 4.79 Å². The van der Waals surface area contributed by atoms with Crippen molar-refractivity contribution in [3.8, 4) is 0 Å². The van der Waals surface area contributed by atoms with E-state index in [1.165, 1.54) is 0 Å². The van der Waals surface area contributed by atoms with Crippen LogP contribution in [0.15, 0.2) is 18.7 Å². The fraction of sp³-hybridized carbons (Fsp3) is 0.762. The van der Waals surface area contributed by atoms with Gasteiger partial charge in [0, 0.05) is 57.6 Å². The van der Waals surface area contributed by atoms with Gasteiger partial charge >= 0.3 is 6.03 Å². The third-order valence-corrected chi connectivity index (χ3v) is 6.61. The lowest BCUT2D eigenvalue weighted by Gasteiger charge is -2.47. The van der Waals surface area contributed by atoms with Crippen LogP contribution in [0.3, 0.4) is 0 Å². The zero-order valence-corrected chi connectivity index (χ0v) is 17.6. The molecule has 2 fully saturated rings. The number of piperidine rings is 2. The zero-order valence-electron chi connectivity index (χ0n) is 17.6. The summed E-state index contributed by atoms with van der Waals surface area (Å²) in [7, 11) is 0. The Morgan fingerprint density at radius 2 is 1.96 bits per heavy atom. The number of aryl methyl sites for hydroxylation is 1. The quantitative estimate of drug-likeness (QED) is 0.813. The van der Waals surface area contributed by atoms with E-state index >= 15 is 0 Å². The number of nitrogens with zero attached hydrogens (tertiary/aromatic N) is 4. The lowest BCUT2D eigenvalue weighted by Crippen LogP contribution is -2.54. The highest BCUT2D eigenvalue weighted by Gasteiger charge is 2.41. The third kappa shape index (κ3) is 5.06. The molecule has 3 amide bonds. The molecule has 1 atom stereocenters. The fourth-order valence-corrected chi connectivity index (χ4v) is 4.21. The van der Waals surface area contributed by atoms with Crippen LogP contribution in [0, 0.1) is 11.3 Å². The van der Waals surface area contributed by atoms with Crippen LogP contribution < -0.4 is 5.32 Å². The number of hydrogen-bond donors (Lipinski definition) is 1. The molecule has 0 radical (unpaired) electrons. The van der Waals surface area contributed by atoms with E-state index in [4.69, 9.17) is 0 Å². The van der Waals surface area contributed by atoms with Gasteiger partial charge < -0.3 is 19.7 Å². The van der Waals surface area contributed by atoms with Gasteiger partial charge in [-0.2, -0.15) is 0 Å². The average Bonchev–Trinajstić information content (AvgIpc) is 3.18. The summed E-state index contributed by atoms with van der Waals surface area (Å²) in [6.07, 6.45) is 10.1. The Hall–Kier alpha value is -2.05. The summed E-state index contributed by atoms with van der Waals surface area (Å²) >= 11 is 0. The highest BCUT2D eigenvalue weighted by molar-refractivity contribution is 5.77. The van der Waals surface area contributed by atoms with Gasteiger partial charge in [-0.1, -0.05) is 13.8 Å². The molecule has 0 aromatic carbocycles. The van der Waals surface area contributed by atoms with Gasteiger partial charge in [-0.15, -0.1) is 0 Å². The molecule has 1 aromatic heterocycles.